The number of carbonyl (C=O) groups excluding carboxylic acids is 1. The summed E-state index contributed by atoms with van der Waals surface area (Å²) in [5.41, 5.74) is 5.54. The monoisotopic (exact) mass is 248 g/mol. The van der Waals surface area contributed by atoms with E-state index >= 15 is 0 Å². The molecule has 0 aromatic heterocycles. The van der Waals surface area contributed by atoms with Crippen LogP contribution in [0.25, 0.3) is 0 Å². The van der Waals surface area contributed by atoms with E-state index in [2.05, 4.69) is 48.5 Å². The van der Waals surface area contributed by atoms with Crippen molar-refractivity contribution in [3.63, 3.8) is 0 Å². The second kappa shape index (κ2) is 3.57. The van der Waals surface area contributed by atoms with Gasteiger partial charge in [-0.3, -0.25) is 4.79 Å². The third-order valence-electron chi connectivity index (χ3n) is 4.83. The van der Waals surface area contributed by atoms with E-state index in [-0.39, 0.29) is 11.3 Å². The highest BCUT2D eigenvalue weighted by Crippen LogP contribution is 2.62. The maximum atomic E-state index is 11.9. The SMILES string of the molecule is CC(=O)[C@@H]1CC12c1ccccc1Cc1ccccc12. The first-order valence-corrected chi connectivity index (χ1v) is 6.91. The lowest BCUT2D eigenvalue weighted by molar-refractivity contribution is -0.118. The third-order valence-corrected chi connectivity index (χ3v) is 4.83. The second-order valence-corrected chi connectivity index (χ2v) is 5.83. The summed E-state index contributed by atoms with van der Waals surface area (Å²) < 4.78 is 0. The normalized spacial score (nSPS) is 21.6. The van der Waals surface area contributed by atoms with Crippen LogP contribution in [0.5, 0.6) is 0 Å². The Morgan fingerprint density at radius 3 is 2.00 bits per heavy atom. The zero-order valence-electron chi connectivity index (χ0n) is 11.0. The van der Waals surface area contributed by atoms with Gasteiger partial charge < -0.3 is 0 Å². The fourth-order valence-electron chi connectivity index (χ4n) is 3.92. The largest absolute Gasteiger partial charge is 0.300 e. The van der Waals surface area contributed by atoms with E-state index in [1.165, 1.54) is 22.3 Å². The fourth-order valence-corrected chi connectivity index (χ4v) is 3.92. The van der Waals surface area contributed by atoms with Gasteiger partial charge in [0.25, 0.3) is 0 Å². The molecule has 1 atom stereocenters. The van der Waals surface area contributed by atoms with Crippen LogP contribution >= 0.6 is 0 Å². The fraction of sp³-hybridized carbons (Fsp3) is 0.278. The molecule has 0 bridgehead atoms. The standard InChI is InChI=1S/C18H16O/c1-12(19)17-11-18(17)15-8-4-2-6-13(15)10-14-7-3-5-9-16(14)18/h2-9,17H,10-11H2,1H3/t17-/m0/s1. The lowest BCUT2D eigenvalue weighted by Crippen LogP contribution is -2.23. The number of Topliss-reactive ketones (excluding diaryl/α,β-unsaturated/α-hetero) is 1. The summed E-state index contributed by atoms with van der Waals surface area (Å²) in [5, 5.41) is 0. The molecule has 0 radical (unpaired) electrons. The van der Waals surface area contributed by atoms with E-state index in [0.29, 0.717) is 5.78 Å². The summed E-state index contributed by atoms with van der Waals surface area (Å²) in [7, 11) is 0. The van der Waals surface area contributed by atoms with E-state index in [4.69, 9.17) is 0 Å². The molecule has 2 aromatic carbocycles. The summed E-state index contributed by atoms with van der Waals surface area (Å²) in [6.07, 6.45) is 1.98. The van der Waals surface area contributed by atoms with Crippen LogP contribution in [0.3, 0.4) is 0 Å². The Morgan fingerprint density at radius 1 is 1.00 bits per heavy atom. The Kier molecular flexibility index (Phi) is 2.06. The molecule has 19 heavy (non-hydrogen) atoms. The van der Waals surface area contributed by atoms with Crippen molar-refractivity contribution in [2.75, 3.05) is 0 Å². The first-order valence-electron chi connectivity index (χ1n) is 6.91. The minimum Gasteiger partial charge on any atom is -0.300 e. The highest BCUT2D eigenvalue weighted by atomic mass is 16.1. The topological polar surface area (TPSA) is 17.1 Å². The molecule has 2 aliphatic carbocycles. The summed E-state index contributed by atoms with van der Waals surface area (Å²) in [6, 6.07) is 17.3. The van der Waals surface area contributed by atoms with Crippen molar-refractivity contribution >= 4 is 5.78 Å². The minimum absolute atomic E-state index is 0.0166. The average molecular weight is 248 g/mol. The first-order chi connectivity index (χ1) is 9.23. The number of ketones is 1. The van der Waals surface area contributed by atoms with Crippen LogP contribution in [0, 0.1) is 5.92 Å². The van der Waals surface area contributed by atoms with Crippen LogP contribution in [-0.2, 0) is 16.6 Å². The predicted octanol–water partition coefficient (Wildman–Crippen LogP) is 3.49. The number of hydrogen-bond donors (Lipinski definition) is 0. The van der Waals surface area contributed by atoms with Crippen LogP contribution < -0.4 is 0 Å². The Hall–Kier alpha value is -1.89. The van der Waals surface area contributed by atoms with E-state index in [1.54, 1.807) is 6.92 Å². The molecule has 0 saturated heterocycles. The van der Waals surface area contributed by atoms with Crippen LogP contribution in [-0.4, -0.2) is 5.78 Å². The Balaban J connectivity index is 1.98. The van der Waals surface area contributed by atoms with Crippen LogP contribution in [0.2, 0.25) is 0 Å². The summed E-state index contributed by atoms with van der Waals surface area (Å²) in [5.74, 6) is 0.501. The van der Waals surface area contributed by atoms with Gasteiger partial charge in [-0.25, -0.2) is 0 Å². The second-order valence-electron chi connectivity index (χ2n) is 5.83. The zero-order chi connectivity index (χ0) is 13.0. The van der Waals surface area contributed by atoms with Crippen molar-refractivity contribution in [3.8, 4) is 0 Å². The highest BCUT2D eigenvalue weighted by molar-refractivity contribution is 5.86. The highest BCUT2D eigenvalue weighted by Gasteiger charge is 2.61. The number of rotatable bonds is 1. The summed E-state index contributed by atoms with van der Waals surface area (Å²) in [4.78, 5) is 11.9. The molecule has 0 heterocycles. The van der Waals surface area contributed by atoms with Crippen molar-refractivity contribution in [1.29, 1.82) is 0 Å². The molecular formula is C18H16O. The lowest BCUT2D eigenvalue weighted by Gasteiger charge is -2.29. The van der Waals surface area contributed by atoms with Gasteiger partial charge >= 0.3 is 0 Å². The molecule has 0 N–H and O–H groups in total. The molecule has 1 fully saturated rings. The van der Waals surface area contributed by atoms with Crippen molar-refractivity contribution in [2.24, 2.45) is 5.92 Å². The van der Waals surface area contributed by atoms with Crippen molar-refractivity contribution < 1.29 is 4.79 Å². The van der Waals surface area contributed by atoms with Gasteiger partial charge in [-0.1, -0.05) is 48.5 Å². The molecule has 1 nitrogen and oxygen atoms in total. The smallest absolute Gasteiger partial charge is 0.134 e. The van der Waals surface area contributed by atoms with Crippen molar-refractivity contribution in [3.05, 3.63) is 70.8 Å². The van der Waals surface area contributed by atoms with E-state index in [0.717, 1.165) is 12.8 Å². The summed E-state index contributed by atoms with van der Waals surface area (Å²) in [6.45, 7) is 1.74. The van der Waals surface area contributed by atoms with Gasteiger partial charge in [0, 0.05) is 11.3 Å². The van der Waals surface area contributed by atoms with E-state index in [9.17, 15) is 4.79 Å². The molecule has 1 saturated carbocycles. The molecule has 0 amide bonds. The van der Waals surface area contributed by atoms with Gasteiger partial charge in [0.05, 0.1) is 0 Å². The zero-order valence-corrected chi connectivity index (χ0v) is 11.0. The number of carbonyl (C=O) groups is 1. The minimum atomic E-state index is -0.0166. The van der Waals surface area contributed by atoms with Gasteiger partial charge in [0.2, 0.25) is 0 Å². The van der Waals surface area contributed by atoms with Crippen molar-refractivity contribution in [1.82, 2.24) is 0 Å². The molecular weight excluding hydrogens is 232 g/mol. The van der Waals surface area contributed by atoms with Crippen LogP contribution in [0.1, 0.15) is 35.6 Å². The quantitative estimate of drug-likeness (QED) is 0.755. The van der Waals surface area contributed by atoms with Crippen LogP contribution in [0.15, 0.2) is 48.5 Å². The number of fused-ring (bicyclic) bond motifs is 4. The molecule has 1 spiro atoms. The third kappa shape index (κ3) is 1.33. The molecule has 2 aliphatic rings. The summed E-state index contributed by atoms with van der Waals surface area (Å²) >= 11 is 0. The Labute approximate surface area is 113 Å². The van der Waals surface area contributed by atoms with E-state index < -0.39 is 0 Å². The molecule has 94 valence electrons. The molecule has 1 heteroatoms. The number of benzene rings is 2. The maximum Gasteiger partial charge on any atom is 0.134 e. The Morgan fingerprint density at radius 2 is 1.53 bits per heavy atom. The molecule has 4 rings (SSSR count). The molecule has 0 unspecified atom stereocenters. The lowest BCUT2D eigenvalue weighted by atomic mass is 9.74. The van der Waals surface area contributed by atoms with Crippen molar-refractivity contribution in [2.45, 2.75) is 25.2 Å². The number of hydrogen-bond acceptors (Lipinski definition) is 1. The van der Waals surface area contributed by atoms with Gasteiger partial charge in [-0.2, -0.15) is 0 Å². The molecule has 0 aliphatic heterocycles. The maximum absolute atomic E-state index is 11.9. The van der Waals surface area contributed by atoms with Gasteiger partial charge in [-0.05, 0) is 42.0 Å². The predicted molar refractivity (Wildman–Crippen MR) is 75.3 cm³/mol. The van der Waals surface area contributed by atoms with Gasteiger partial charge in [-0.15, -0.1) is 0 Å². The van der Waals surface area contributed by atoms with Gasteiger partial charge in [0.1, 0.15) is 5.78 Å². The average Bonchev–Trinajstić information content (AvgIpc) is 3.16. The first kappa shape index (κ1) is 11.0. The van der Waals surface area contributed by atoms with E-state index in [1.807, 2.05) is 0 Å². The Bertz CT molecular complexity index is 638. The van der Waals surface area contributed by atoms with Crippen LogP contribution in [0.4, 0.5) is 0 Å². The molecule has 2 aromatic rings. The van der Waals surface area contributed by atoms with Gasteiger partial charge in [0.15, 0.2) is 0 Å².